The van der Waals surface area contributed by atoms with E-state index in [2.05, 4.69) is 11.8 Å². The highest BCUT2D eigenvalue weighted by Gasteiger charge is 2.33. The topological polar surface area (TPSA) is 12.5 Å². The van der Waals surface area contributed by atoms with Crippen molar-refractivity contribution in [1.29, 1.82) is 0 Å². The first kappa shape index (κ1) is 8.52. The van der Waals surface area contributed by atoms with E-state index >= 15 is 0 Å². The Bertz CT molecular complexity index is 137. The third kappa shape index (κ3) is 1.80. The van der Waals surface area contributed by atoms with Crippen LogP contribution in [0.2, 0.25) is 0 Å². The zero-order chi connectivity index (χ0) is 8.39. The van der Waals surface area contributed by atoms with Gasteiger partial charge in [0.2, 0.25) is 0 Å². The van der Waals surface area contributed by atoms with Crippen molar-refractivity contribution in [3.8, 4) is 0 Å². The normalized spacial score (nSPS) is 35.8. The van der Waals surface area contributed by atoms with Gasteiger partial charge in [0.1, 0.15) is 0 Å². The summed E-state index contributed by atoms with van der Waals surface area (Å²) in [5, 5.41) is 0. The van der Waals surface area contributed by atoms with E-state index in [9.17, 15) is 0 Å². The first-order valence-corrected chi connectivity index (χ1v) is 5.22. The number of rotatable bonds is 3. The van der Waals surface area contributed by atoms with E-state index in [1.54, 1.807) is 0 Å². The number of fused-ring (bicyclic) bond motifs is 2. The fourth-order valence-electron chi connectivity index (χ4n) is 2.33. The lowest BCUT2D eigenvalue weighted by Gasteiger charge is -2.29. The monoisotopic (exact) mass is 169 g/mol. The molecule has 0 spiro atoms. The van der Waals surface area contributed by atoms with Crippen molar-refractivity contribution in [3.05, 3.63) is 0 Å². The summed E-state index contributed by atoms with van der Waals surface area (Å²) in [6, 6.07) is 0. The molecule has 0 aliphatic carbocycles. The van der Waals surface area contributed by atoms with Crippen LogP contribution >= 0.6 is 0 Å². The second-order valence-corrected chi connectivity index (χ2v) is 4.17. The fraction of sp³-hybridized carbons (Fsp3) is 1.00. The molecule has 2 atom stereocenters. The lowest BCUT2D eigenvalue weighted by atomic mass is 10.00. The highest BCUT2D eigenvalue weighted by molar-refractivity contribution is 4.84. The third-order valence-corrected chi connectivity index (χ3v) is 2.97. The lowest BCUT2D eigenvalue weighted by Crippen LogP contribution is -2.39. The number of nitrogens with zero attached hydrogens (tertiary/aromatic N) is 1. The van der Waals surface area contributed by atoms with Crippen LogP contribution in [0.1, 0.15) is 26.2 Å². The molecule has 2 bridgehead atoms. The Morgan fingerprint density at radius 2 is 2.33 bits per heavy atom. The molecule has 2 aliphatic heterocycles. The van der Waals surface area contributed by atoms with E-state index in [0.29, 0.717) is 6.10 Å². The molecule has 2 unspecified atom stereocenters. The third-order valence-electron chi connectivity index (χ3n) is 2.97. The maximum absolute atomic E-state index is 5.65. The minimum absolute atomic E-state index is 0.570. The first-order chi connectivity index (χ1) is 5.88. The molecule has 0 radical (unpaired) electrons. The molecule has 2 saturated heterocycles. The maximum Gasteiger partial charge on any atom is 0.0706 e. The van der Waals surface area contributed by atoms with E-state index < -0.39 is 0 Å². The van der Waals surface area contributed by atoms with Gasteiger partial charge in [-0.1, -0.05) is 13.3 Å². The summed E-state index contributed by atoms with van der Waals surface area (Å²) in [5.74, 6) is 0.848. The van der Waals surface area contributed by atoms with Gasteiger partial charge in [-0.3, -0.25) is 0 Å². The van der Waals surface area contributed by atoms with Crippen LogP contribution < -0.4 is 0 Å². The van der Waals surface area contributed by atoms with Crippen molar-refractivity contribution in [2.75, 3.05) is 26.2 Å². The van der Waals surface area contributed by atoms with Gasteiger partial charge in [0.15, 0.2) is 0 Å². The molecule has 2 nitrogen and oxygen atoms in total. The predicted molar refractivity (Wildman–Crippen MR) is 49.2 cm³/mol. The number of ether oxygens (including phenoxy) is 1. The van der Waals surface area contributed by atoms with Crippen LogP contribution in [0.3, 0.4) is 0 Å². The Morgan fingerprint density at radius 3 is 3.08 bits per heavy atom. The van der Waals surface area contributed by atoms with Crippen LogP contribution in [-0.4, -0.2) is 37.2 Å². The summed E-state index contributed by atoms with van der Waals surface area (Å²) in [4.78, 5) is 2.58. The molecule has 0 N–H and O–H groups in total. The second kappa shape index (κ2) is 3.75. The van der Waals surface area contributed by atoms with Gasteiger partial charge in [-0.15, -0.1) is 0 Å². The minimum atomic E-state index is 0.570. The van der Waals surface area contributed by atoms with E-state index in [0.717, 1.165) is 12.5 Å². The summed E-state index contributed by atoms with van der Waals surface area (Å²) < 4.78 is 5.65. The van der Waals surface area contributed by atoms with Gasteiger partial charge in [0, 0.05) is 13.1 Å². The van der Waals surface area contributed by atoms with Crippen LogP contribution in [0.4, 0.5) is 0 Å². The van der Waals surface area contributed by atoms with Gasteiger partial charge in [-0.05, 0) is 25.3 Å². The predicted octanol–water partition coefficient (Wildman–Crippen LogP) is 1.51. The van der Waals surface area contributed by atoms with Crippen LogP contribution in [-0.2, 0) is 4.74 Å². The Morgan fingerprint density at radius 1 is 1.42 bits per heavy atom. The maximum atomic E-state index is 5.65. The fourth-order valence-corrected chi connectivity index (χ4v) is 2.33. The molecule has 0 saturated carbocycles. The van der Waals surface area contributed by atoms with Gasteiger partial charge < -0.3 is 9.64 Å². The zero-order valence-electron chi connectivity index (χ0n) is 7.96. The van der Waals surface area contributed by atoms with Crippen molar-refractivity contribution in [2.45, 2.75) is 32.3 Å². The first-order valence-electron chi connectivity index (χ1n) is 5.22. The number of unbranched alkanes of at least 4 members (excludes halogenated alkanes) is 1. The van der Waals surface area contributed by atoms with Crippen molar-refractivity contribution >= 4 is 0 Å². The second-order valence-electron chi connectivity index (χ2n) is 4.17. The SMILES string of the molecule is CCCCN1CC2COC(C2)C1. The van der Waals surface area contributed by atoms with Crippen LogP contribution in [0.5, 0.6) is 0 Å². The average molecular weight is 169 g/mol. The largest absolute Gasteiger partial charge is 0.377 e. The summed E-state index contributed by atoms with van der Waals surface area (Å²) in [7, 11) is 0. The van der Waals surface area contributed by atoms with Gasteiger partial charge in [0.05, 0.1) is 12.7 Å². The molecule has 70 valence electrons. The van der Waals surface area contributed by atoms with Gasteiger partial charge >= 0.3 is 0 Å². The molecule has 12 heavy (non-hydrogen) atoms. The Kier molecular flexibility index (Phi) is 2.66. The molecule has 0 aromatic rings. The summed E-state index contributed by atoms with van der Waals surface area (Å²) in [5.41, 5.74) is 0. The summed E-state index contributed by atoms with van der Waals surface area (Å²) in [6.07, 6.45) is 4.55. The number of likely N-dealkylation sites (tertiary alicyclic amines) is 1. The van der Waals surface area contributed by atoms with Crippen LogP contribution in [0.25, 0.3) is 0 Å². The molecule has 2 fully saturated rings. The minimum Gasteiger partial charge on any atom is -0.377 e. The molecular weight excluding hydrogens is 150 g/mol. The molecule has 0 amide bonds. The molecule has 2 heterocycles. The van der Waals surface area contributed by atoms with Crippen LogP contribution in [0, 0.1) is 5.92 Å². The Balaban J connectivity index is 1.78. The standard InChI is InChI=1S/C10H19NO/c1-2-3-4-11-6-9-5-10(7-11)12-8-9/h9-10H,2-8H2,1H3. The number of hydrogen-bond donors (Lipinski definition) is 0. The van der Waals surface area contributed by atoms with Gasteiger partial charge in [0.25, 0.3) is 0 Å². The van der Waals surface area contributed by atoms with E-state index in [1.165, 1.54) is 38.9 Å². The molecule has 2 heteroatoms. The highest BCUT2D eigenvalue weighted by atomic mass is 16.5. The van der Waals surface area contributed by atoms with Crippen molar-refractivity contribution in [1.82, 2.24) is 4.90 Å². The molecule has 0 aromatic carbocycles. The van der Waals surface area contributed by atoms with E-state index in [4.69, 9.17) is 4.74 Å². The van der Waals surface area contributed by atoms with E-state index in [1.807, 2.05) is 0 Å². The van der Waals surface area contributed by atoms with Crippen LogP contribution in [0.15, 0.2) is 0 Å². The van der Waals surface area contributed by atoms with Crippen molar-refractivity contribution in [3.63, 3.8) is 0 Å². The summed E-state index contributed by atoms with van der Waals surface area (Å²) >= 11 is 0. The zero-order valence-corrected chi connectivity index (χ0v) is 7.96. The molecule has 2 aliphatic rings. The van der Waals surface area contributed by atoms with E-state index in [-0.39, 0.29) is 0 Å². The molecule has 2 rings (SSSR count). The quantitative estimate of drug-likeness (QED) is 0.635. The lowest BCUT2D eigenvalue weighted by molar-refractivity contribution is 0.0838. The van der Waals surface area contributed by atoms with Crippen molar-refractivity contribution < 1.29 is 4.74 Å². The average Bonchev–Trinajstić information content (AvgIpc) is 2.42. The van der Waals surface area contributed by atoms with Crippen molar-refractivity contribution in [2.24, 2.45) is 5.92 Å². The highest BCUT2D eigenvalue weighted by Crippen LogP contribution is 2.26. The number of piperidine rings is 1. The smallest absolute Gasteiger partial charge is 0.0706 e. The van der Waals surface area contributed by atoms with Gasteiger partial charge in [-0.25, -0.2) is 0 Å². The molecule has 0 aromatic heterocycles. The Hall–Kier alpha value is -0.0800. The molecular formula is C10H19NO. The van der Waals surface area contributed by atoms with Gasteiger partial charge in [-0.2, -0.15) is 0 Å². The summed E-state index contributed by atoms with van der Waals surface area (Å²) in [6.45, 7) is 7.04. The Labute approximate surface area is 74.9 Å². The number of hydrogen-bond acceptors (Lipinski definition) is 2.